The zero-order valence-electron chi connectivity index (χ0n) is 11.3. The van der Waals surface area contributed by atoms with Crippen LogP contribution < -0.4 is 4.57 Å². The number of nitrogens with zero attached hydrogens (tertiary/aromatic N) is 1. The molecule has 3 aromatic rings. The highest BCUT2D eigenvalue weighted by atomic mass is 35.5. The highest BCUT2D eigenvalue weighted by Gasteiger charge is 2.12. The fraction of sp³-hybridized carbons (Fsp3) is 0.0588. The lowest BCUT2D eigenvalue weighted by Crippen LogP contribution is -2.34. The van der Waals surface area contributed by atoms with Gasteiger partial charge in [-0.1, -0.05) is 48.5 Å². The number of hydrogen-bond donors (Lipinski definition) is 1. The Hall–Kier alpha value is -2.39. The molecule has 1 aromatic heterocycles. The van der Waals surface area contributed by atoms with E-state index in [1.165, 1.54) is 0 Å². The first-order valence-corrected chi connectivity index (χ1v) is 7.02. The Morgan fingerprint density at radius 2 is 1.90 bits per heavy atom. The quantitative estimate of drug-likeness (QED) is 0.581. The Kier molecular flexibility index (Phi) is 3.84. The van der Waals surface area contributed by atoms with E-state index in [-0.39, 0.29) is 0 Å². The van der Waals surface area contributed by atoms with E-state index in [4.69, 9.17) is 11.6 Å². The number of H-pyrrole nitrogens is 1. The summed E-state index contributed by atoms with van der Waals surface area (Å²) in [6.45, 7) is 0.672. The molecule has 0 spiro atoms. The van der Waals surface area contributed by atoms with Gasteiger partial charge in [-0.05, 0) is 23.2 Å². The Labute approximate surface area is 127 Å². The lowest BCUT2D eigenvalue weighted by Gasteiger charge is -2.03. The molecule has 1 N–H and O–H groups in total. The minimum Gasteiger partial charge on any atom is -0.276 e. The number of benzene rings is 2. The molecular formula is C17H14ClN2O+. The smallest absolute Gasteiger partial charge is 0.252 e. The van der Waals surface area contributed by atoms with Crippen molar-refractivity contribution in [3.63, 3.8) is 0 Å². The SMILES string of the molecule is O=C(Cl)c1cccc(C[n+]2c[nH]cc2-c2ccccc2)c1. The van der Waals surface area contributed by atoms with E-state index in [9.17, 15) is 4.79 Å². The number of rotatable bonds is 4. The van der Waals surface area contributed by atoms with E-state index in [2.05, 4.69) is 21.7 Å². The van der Waals surface area contributed by atoms with Gasteiger partial charge in [0.1, 0.15) is 12.7 Å². The minimum atomic E-state index is -0.431. The lowest BCUT2D eigenvalue weighted by atomic mass is 10.1. The molecule has 0 atom stereocenters. The summed E-state index contributed by atoms with van der Waals surface area (Å²) in [5, 5.41) is -0.431. The summed E-state index contributed by atoms with van der Waals surface area (Å²) in [6.07, 6.45) is 3.88. The second kappa shape index (κ2) is 5.94. The summed E-state index contributed by atoms with van der Waals surface area (Å²) in [5.74, 6) is 0. The number of imidazole rings is 1. The molecule has 0 fully saturated rings. The van der Waals surface area contributed by atoms with Gasteiger partial charge in [-0.25, -0.2) is 9.55 Å². The first-order valence-electron chi connectivity index (χ1n) is 6.64. The fourth-order valence-electron chi connectivity index (χ4n) is 2.34. The Bertz CT molecular complexity index is 765. The van der Waals surface area contributed by atoms with E-state index in [1.807, 2.05) is 48.9 Å². The van der Waals surface area contributed by atoms with Crippen LogP contribution in [0.4, 0.5) is 0 Å². The molecule has 104 valence electrons. The van der Waals surface area contributed by atoms with Gasteiger partial charge in [-0.15, -0.1) is 0 Å². The number of aromatic amines is 1. The fourth-order valence-corrected chi connectivity index (χ4v) is 2.45. The molecule has 0 aliphatic rings. The average Bonchev–Trinajstić information content (AvgIpc) is 2.96. The van der Waals surface area contributed by atoms with Crippen molar-refractivity contribution < 1.29 is 9.36 Å². The third kappa shape index (κ3) is 3.03. The molecule has 0 amide bonds. The van der Waals surface area contributed by atoms with Crippen molar-refractivity contribution in [3.8, 4) is 11.3 Å². The van der Waals surface area contributed by atoms with Gasteiger partial charge < -0.3 is 0 Å². The Balaban J connectivity index is 1.92. The molecule has 0 aliphatic carbocycles. The molecule has 0 aliphatic heterocycles. The molecule has 0 bridgehead atoms. The summed E-state index contributed by atoms with van der Waals surface area (Å²) < 4.78 is 2.10. The monoisotopic (exact) mass is 297 g/mol. The van der Waals surface area contributed by atoms with Crippen molar-refractivity contribution in [3.05, 3.63) is 78.2 Å². The third-order valence-corrected chi connectivity index (χ3v) is 3.55. The van der Waals surface area contributed by atoms with Crippen molar-refractivity contribution in [2.75, 3.05) is 0 Å². The number of carbonyl (C=O) groups is 1. The number of aromatic nitrogens is 2. The summed E-state index contributed by atoms with van der Waals surface area (Å²) >= 11 is 5.53. The summed E-state index contributed by atoms with van der Waals surface area (Å²) in [4.78, 5) is 14.4. The highest BCUT2D eigenvalue weighted by molar-refractivity contribution is 6.67. The van der Waals surface area contributed by atoms with Gasteiger partial charge in [0, 0.05) is 11.1 Å². The predicted octanol–water partition coefficient (Wildman–Crippen LogP) is 3.40. The zero-order chi connectivity index (χ0) is 14.7. The van der Waals surface area contributed by atoms with Crippen molar-refractivity contribution in [1.29, 1.82) is 0 Å². The van der Waals surface area contributed by atoms with Gasteiger partial charge in [0.15, 0.2) is 5.69 Å². The predicted molar refractivity (Wildman–Crippen MR) is 82.2 cm³/mol. The Morgan fingerprint density at radius 3 is 2.67 bits per heavy atom. The standard InChI is InChI=1S/C17H13ClN2O/c18-17(21)15-8-4-5-13(9-15)11-20-12-19-10-16(20)14-6-2-1-3-7-14/h1-10,12H,11H2/p+1. The normalized spacial score (nSPS) is 10.5. The molecule has 3 nitrogen and oxygen atoms in total. The van der Waals surface area contributed by atoms with Gasteiger partial charge >= 0.3 is 0 Å². The highest BCUT2D eigenvalue weighted by Crippen LogP contribution is 2.14. The molecule has 2 aromatic carbocycles. The average molecular weight is 298 g/mol. The van der Waals surface area contributed by atoms with Crippen molar-refractivity contribution in [2.24, 2.45) is 0 Å². The summed E-state index contributed by atoms with van der Waals surface area (Å²) in [5.41, 5.74) is 3.79. The van der Waals surface area contributed by atoms with Gasteiger partial charge in [-0.3, -0.25) is 4.79 Å². The van der Waals surface area contributed by atoms with Gasteiger partial charge in [-0.2, -0.15) is 0 Å². The molecule has 0 unspecified atom stereocenters. The van der Waals surface area contributed by atoms with Crippen LogP contribution in [-0.4, -0.2) is 10.2 Å². The van der Waals surface area contributed by atoms with E-state index in [1.54, 1.807) is 6.07 Å². The van der Waals surface area contributed by atoms with Crippen molar-refractivity contribution in [1.82, 2.24) is 4.98 Å². The van der Waals surface area contributed by atoms with Crippen LogP contribution in [0.15, 0.2) is 67.1 Å². The number of carbonyl (C=O) groups excluding carboxylic acids is 1. The van der Waals surface area contributed by atoms with E-state index in [0.717, 1.165) is 16.8 Å². The molecule has 4 heteroatoms. The maximum atomic E-state index is 11.2. The summed E-state index contributed by atoms with van der Waals surface area (Å²) in [6, 6.07) is 17.5. The van der Waals surface area contributed by atoms with Crippen molar-refractivity contribution >= 4 is 16.8 Å². The first kappa shape index (κ1) is 13.6. The summed E-state index contributed by atoms with van der Waals surface area (Å²) in [7, 11) is 0. The molecule has 0 saturated carbocycles. The molecule has 1 heterocycles. The van der Waals surface area contributed by atoms with Crippen LogP contribution in [-0.2, 0) is 6.54 Å². The van der Waals surface area contributed by atoms with Crippen molar-refractivity contribution in [2.45, 2.75) is 6.54 Å². The molecule has 21 heavy (non-hydrogen) atoms. The number of hydrogen-bond acceptors (Lipinski definition) is 1. The van der Waals surface area contributed by atoms with Crippen LogP contribution in [0.25, 0.3) is 11.3 Å². The number of nitrogens with one attached hydrogen (secondary N) is 1. The van der Waals surface area contributed by atoms with Crippen LogP contribution in [0.3, 0.4) is 0 Å². The molecule has 0 radical (unpaired) electrons. The maximum absolute atomic E-state index is 11.2. The topological polar surface area (TPSA) is 36.7 Å². The van der Waals surface area contributed by atoms with E-state index in [0.29, 0.717) is 12.1 Å². The molecular weight excluding hydrogens is 284 g/mol. The van der Waals surface area contributed by atoms with Crippen LogP contribution in [0, 0.1) is 0 Å². The van der Waals surface area contributed by atoms with Crippen LogP contribution in [0.1, 0.15) is 15.9 Å². The van der Waals surface area contributed by atoms with Crippen LogP contribution in [0.5, 0.6) is 0 Å². The maximum Gasteiger partial charge on any atom is 0.252 e. The zero-order valence-corrected chi connectivity index (χ0v) is 12.0. The first-order chi connectivity index (χ1) is 10.2. The van der Waals surface area contributed by atoms with E-state index >= 15 is 0 Å². The molecule has 3 rings (SSSR count). The lowest BCUT2D eigenvalue weighted by molar-refractivity contribution is -0.676. The second-order valence-electron chi connectivity index (χ2n) is 4.79. The van der Waals surface area contributed by atoms with E-state index < -0.39 is 5.24 Å². The Morgan fingerprint density at radius 1 is 1.10 bits per heavy atom. The second-order valence-corrected chi connectivity index (χ2v) is 5.14. The van der Waals surface area contributed by atoms with Crippen LogP contribution in [0.2, 0.25) is 0 Å². The molecule has 0 saturated heterocycles. The third-order valence-electron chi connectivity index (χ3n) is 3.34. The van der Waals surface area contributed by atoms with Crippen LogP contribution >= 0.6 is 11.6 Å². The van der Waals surface area contributed by atoms with Gasteiger partial charge in [0.25, 0.3) is 5.24 Å². The largest absolute Gasteiger partial charge is 0.276 e. The van der Waals surface area contributed by atoms with Gasteiger partial charge in [0.05, 0.1) is 0 Å². The van der Waals surface area contributed by atoms with Gasteiger partial charge in [0.2, 0.25) is 6.33 Å². The number of halogens is 1. The minimum absolute atomic E-state index is 0.431.